The van der Waals surface area contributed by atoms with E-state index in [1.165, 1.54) is 10.4 Å². The van der Waals surface area contributed by atoms with Gasteiger partial charge >= 0.3 is 0 Å². The van der Waals surface area contributed by atoms with Gasteiger partial charge in [-0.3, -0.25) is 4.79 Å². The van der Waals surface area contributed by atoms with Gasteiger partial charge in [0, 0.05) is 10.4 Å². The summed E-state index contributed by atoms with van der Waals surface area (Å²) in [5, 5.41) is 13.4. The van der Waals surface area contributed by atoms with Gasteiger partial charge in [-0.25, -0.2) is 0 Å². The molecule has 1 heterocycles. The fourth-order valence-corrected chi connectivity index (χ4v) is 5.25. The second-order valence-corrected chi connectivity index (χ2v) is 10.5. The smallest absolute Gasteiger partial charge is 0.256 e. The third-order valence-electron chi connectivity index (χ3n) is 5.35. The molecule has 3 nitrogen and oxygen atoms in total. The summed E-state index contributed by atoms with van der Waals surface area (Å²) in [6, 6.07) is 10.1. The molecule has 0 unspecified atom stereocenters. The lowest BCUT2D eigenvalue weighted by molar-refractivity contribution is 0.102. The van der Waals surface area contributed by atoms with Crippen LogP contribution >= 0.6 is 11.3 Å². The highest BCUT2D eigenvalue weighted by atomic mass is 32.1. The van der Waals surface area contributed by atoms with E-state index >= 15 is 0 Å². The molecule has 4 heteroatoms. The van der Waals surface area contributed by atoms with Crippen LogP contribution in [0, 0.1) is 16.7 Å². The van der Waals surface area contributed by atoms with Crippen molar-refractivity contribution in [3.63, 3.8) is 0 Å². The molecule has 142 valence electrons. The Balaban J connectivity index is 1.88. The average molecular weight is 381 g/mol. The first-order valence-corrected chi connectivity index (χ1v) is 10.3. The number of benzene rings is 1. The Kier molecular flexibility index (Phi) is 4.94. The number of nitriles is 1. The van der Waals surface area contributed by atoms with Crippen molar-refractivity contribution in [1.82, 2.24) is 0 Å². The zero-order valence-electron chi connectivity index (χ0n) is 17.1. The van der Waals surface area contributed by atoms with Gasteiger partial charge in [0.25, 0.3) is 5.91 Å². The fraction of sp³-hybridized carbons (Fsp3) is 0.478. The van der Waals surface area contributed by atoms with E-state index in [4.69, 9.17) is 0 Å². The zero-order valence-corrected chi connectivity index (χ0v) is 17.9. The number of nitrogens with one attached hydrogen (secondary N) is 1. The van der Waals surface area contributed by atoms with E-state index in [1.807, 2.05) is 24.3 Å². The molecule has 0 spiro atoms. The Hall–Kier alpha value is -2.12. The molecule has 1 aromatic carbocycles. The number of hydrogen-bond acceptors (Lipinski definition) is 3. The maximum Gasteiger partial charge on any atom is 0.256 e. The highest BCUT2D eigenvalue weighted by molar-refractivity contribution is 7.16. The molecule has 0 saturated carbocycles. The van der Waals surface area contributed by atoms with E-state index in [0.717, 1.165) is 18.4 Å². The maximum absolute atomic E-state index is 12.8. The highest BCUT2D eigenvalue weighted by Gasteiger charge is 2.34. The summed E-state index contributed by atoms with van der Waals surface area (Å²) in [7, 11) is 0. The molecule has 1 aliphatic rings. The summed E-state index contributed by atoms with van der Waals surface area (Å²) in [5.74, 6) is 0.259. The van der Waals surface area contributed by atoms with Crippen LogP contribution in [0.2, 0.25) is 0 Å². The third kappa shape index (κ3) is 3.94. The van der Waals surface area contributed by atoms with Crippen LogP contribution in [0.5, 0.6) is 0 Å². The molecule has 1 aliphatic carbocycles. The number of fused-ring (bicyclic) bond motifs is 1. The van der Waals surface area contributed by atoms with E-state index in [9.17, 15) is 10.1 Å². The summed E-state index contributed by atoms with van der Waals surface area (Å²) in [5.41, 5.74) is 3.83. The average Bonchev–Trinajstić information content (AvgIpc) is 2.90. The van der Waals surface area contributed by atoms with Gasteiger partial charge in [-0.1, -0.05) is 53.7 Å². The molecule has 0 fully saturated rings. The van der Waals surface area contributed by atoms with Crippen LogP contribution in [0.25, 0.3) is 0 Å². The summed E-state index contributed by atoms with van der Waals surface area (Å²) < 4.78 is 0. The second-order valence-electron chi connectivity index (χ2n) is 9.49. The zero-order chi connectivity index (χ0) is 20.0. The van der Waals surface area contributed by atoms with Gasteiger partial charge in [0.05, 0.1) is 5.56 Å². The number of hydrogen-bond donors (Lipinski definition) is 1. The monoisotopic (exact) mass is 380 g/mol. The molecular weight excluding hydrogens is 352 g/mol. The molecule has 2 aromatic rings. The van der Waals surface area contributed by atoms with Gasteiger partial charge in [-0.15, -0.1) is 11.3 Å². The molecule has 27 heavy (non-hydrogen) atoms. The first-order valence-electron chi connectivity index (χ1n) is 9.49. The van der Waals surface area contributed by atoms with E-state index in [0.29, 0.717) is 22.0 Å². The molecule has 0 saturated heterocycles. The lowest BCUT2D eigenvalue weighted by atomic mass is 9.72. The van der Waals surface area contributed by atoms with E-state index in [-0.39, 0.29) is 16.7 Å². The van der Waals surface area contributed by atoms with Crippen molar-refractivity contribution >= 4 is 22.2 Å². The summed E-state index contributed by atoms with van der Waals surface area (Å²) in [4.78, 5) is 14.0. The molecule has 1 aromatic heterocycles. The highest BCUT2D eigenvalue weighted by Crippen LogP contribution is 2.48. The Labute approximate surface area is 166 Å². The number of amides is 1. The normalized spacial score (nSPS) is 18.5. The van der Waals surface area contributed by atoms with Crippen molar-refractivity contribution < 1.29 is 4.79 Å². The summed E-state index contributed by atoms with van der Waals surface area (Å²) >= 11 is 1.57. The van der Waals surface area contributed by atoms with E-state index in [1.54, 1.807) is 11.3 Å². The van der Waals surface area contributed by atoms with Crippen LogP contribution in [-0.2, 0) is 11.8 Å². The minimum atomic E-state index is -0.155. The van der Waals surface area contributed by atoms with E-state index < -0.39 is 0 Å². The van der Waals surface area contributed by atoms with Crippen molar-refractivity contribution in [2.45, 2.75) is 65.7 Å². The minimum absolute atomic E-state index is 0.0543. The van der Waals surface area contributed by atoms with E-state index in [2.05, 4.69) is 52.9 Å². The Morgan fingerprint density at radius 2 is 1.89 bits per heavy atom. The van der Waals surface area contributed by atoms with Crippen LogP contribution < -0.4 is 5.32 Å². The van der Waals surface area contributed by atoms with Crippen molar-refractivity contribution in [1.29, 1.82) is 5.26 Å². The van der Waals surface area contributed by atoms with Gasteiger partial charge in [-0.2, -0.15) is 5.26 Å². The second kappa shape index (κ2) is 6.80. The molecule has 1 amide bonds. The van der Waals surface area contributed by atoms with Gasteiger partial charge in [-0.05, 0) is 52.8 Å². The van der Waals surface area contributed by atoms with Crippen LogP contribution in [0.3, 0.4) is 0 Å². The van der Waals surface area contributed by atoms with Crippen molar-refractivity contribution in [3.8, 4) is 6.07 Å². The molecule has 0 radical (unpaired) electrons. The summed E-state index contributed by atoms with van der Waals surface area (Å²) in [6.45, 7) is 13.2. The standard InChI is InChI=1S/C23H28N2OS/c1-14-11-23(5,6)12-17-18(13-24)21(27-19(14)17)25-20(26)15-7-9-16(10-8-15)22(2,3)4/h7-10,14H,11-12H2,1-6H3,(H,25,26)/t14-/m1/s1. The summed E-state index contributed by atoms with van der Waals surface area (Å²) in [6.07, 6.45) is 2.00. The first kappa shape index (κ1) is 19.6. The predicted octanol–water partition coefficient (Wildman–Crippen LogP) is 6.25. The number of rotatable bonds is 2. The molecule has 0 bridgehead atoms. The quantitative estimate of drug-likeness (QED) is 0.670. The van der Waals surface area contributed by atoms with Gasteiger partial charge in [0.2, 0.25) is 0 Å². The van der Waals surface area contributed by atoms with Crippen LogP contribution in [0.1, 0.15) is 85.8 Å². The van der Waals surface area contributed by atoms with Crippen LogP contribution in [-0.4, -0.2) is 5.91 Å². The Morgan fingerprint density at radius 1 is 1.26 bits per heavy atom. The van der Waals surface area contributed by atoms with Crippen LogP contribution in [0.15, 0.2) is 24.3 Å². The van der Waals surface area contributed by atoms with Gasteiger partial charge in [0.15, 0.2) is 0 Å². The van der Waals surface area contributed by atoms with Gasteiger partial charge < -0.3 is 5.32 Å². The van der Waals surface area contributed by atoms with Crippen molar-refractivity contribution in [2.24, 2.45) is 5.41 Å². The number of nitrogens with zero attached hydrogens (tertiary/aromatic N) is 1. The number of carbonyl (C=O) groups is 1. The van der Waals surface area contributed by atoms with Gasteiger partial charge in [0.1, 0.15) is 11.1 Å². The lowest BCUT2D eigenvalue weighted by Crippen LogP contribution is -2.23. The van der Waals surface area contributed by atoms with Crippen molar-refractivity contribution in [2.75, 3.05) is 5.32 Å². The third-order valence-corrected chi connectivity index (χ3v) is 6.73. The SMILES string of the molecule is C[C@@H]1CC(C)(C)Cc2c1sc(NC(=O)c1ccc(C(C)(C)C)cc1)c2C#N. The van der Waals surface area contributed by atoms with Crippen LogP contribution in [0.4, 0.5) is 5.00 Å². The molecule has 3 rings (SSSR count). The topological polar surface area (TPSA) is 52.9 Å². The minimum Gasteiger partial charge on any atom is -0.312 e. The Bertz CT molecular complexity index is 908. The predicted molar refractivity (Wildman–Crippen MR) is 113 cm³/mol. The first-order chi connectivity index (χ1) is 12.5. The molecule has 1 atom stereocenters. The Morgan fingerprint density at radius 3 is 2.44 bits per heavy atom. The largest absolute Gasteiger partial charge is 0.312 e. The maximum atomic E-state index is 12.8. The van der Waals surface area contributed by atoms with Crippen molar-refractivity contribution in [3.05, 3.63) is 51.4 Å². The number of anilines is 1. The molecule has 0 aliphatic heterocycles. The fourth-order valence-electron chi connectivity index (χ4n) is 4.03. The lowest BCUT2D eigenvalue weighted by Gasteiger charge is -2.33. The number of thiophene rings is 1. The molecular formula is C23H28N2OS. The molecule has 1 N–H and O–H groups in total. The number of carbonyl (C=O) groups excluding carboxylic acids is 1.